The van der Waals surface area contributed by atoms with E-state index in [1.165, 1.54) is 6.92 Å². The second-order valence-corrected chi connectivity index (χ2v) is 5.90. The number of carbonyl (C=O) groups excluding carboxylic acids is 2. The maximum atomic E-state index is 12.5. The van der Waals surface area contributed by atoms with E-state index >= 15 is 0 Å². The Morgan fingerprint density at radius 2 is 1.84 bits per heavy atom. The summed E-state index contributed by atoms with van der Waals surface area (Å²) in [6.45, 7) is 5.05. The Balaban J connectivity index is 2.21. The van der Waals surface area contributed by atoms with Crippen LogP contribution in [0.2, 0.25) is 0 Å². The van der Waals surface area contributed by atoms with Crippen LogP contribution < -0.4 is 5.32 Å². The van der Waals surface area contributed by atoms with Crippen LogP contribution in [-0.4, -0.2) is 34.3 Å². The Kier molecular flexibility index (Phi) is 5.75. The maximum Gasteiger partial charge on any atom is 0.312 e. The molecule has 2 aromatic rings. The molecule has 1 unspecified atom stereocenters. The molecule has 0 aliphatic carbocycles. The van der Waals surface area contributed by atoms with E-state index in [4.69, 9.17) is 0 Å². The molecule has 132 valence electrons. The third kappa shape index (κ3) is 3.96. The van der Waals surface area contributed by atoms with E-state index in [2.05, 4.69) is 10.3 Å². The largest absolute Gasteiger partial charge is 0.481 e. The van der Waals surface area contributed by atoms with Crippen LogP contribution in [0.5, 0.6) is 0 Å². The van der Waals surface area contributed by atoms with Gasteiger partial charge in [0, 0.05) is 17.8 Å². The Labute approximate surface area is 146 Å². The zero-order valence-corrected chi connectivity index (χ0v) is 14.6. The first-order valence-corrected chi connectivity index (χ1v) is 8.15. The summed E-state index contributed by atoms with van der Waals surface area (Å²) < 4.78 is 0. The number of Topliss-reactive ketones (excluding diaryl/α,β-unsaturated/α-hetero) is 1. The fourth-order valence-corrected chi connectivity index (χ4v) is 3.02. The minimum absolute atomic E-state index is 0.0329. The van der Waals surface area contributed by atoms with E-state index in [1.807, 2.05) is 6.92 Å². The number of amides is 1. The van der Waals surface area contributed by atoms with Crippen molar-refractivity contribution in [2.24, 2.45) is 0 Å². The highest BCUT2D eigenvalue weighted by atomic mass is 16.4. The zero-order chi connectivity index (χ0) is 18.6. The van der Waals surface area contributed by atoms with Gasteiger partial charge in [0.2, 0.25) is 0 Å². The molecule has 0 saturated heterocycles. The lowest BCUT2D eigenvalue weighted by Gasteiger charge is -2.14. The van der Waals surface area contributed by atoms with Crippen LogP contribution in [0.4, 0.5) is 0 Å². The Hall–Kier alpha value is -2.89. The summed E-state index contributed by atoms with van der Waals surface area (Å²) >= 11 is 0. The number of carbonyl (C=O) groups is 3. The standard InChI is InChI=1S/C19H22N2O4/c1-4-14-16(12(3)22)11(2)21-17(14)18(23)20-10-15(19(24)25)13-8-6-5-7-9-13/h5-9,15,21H,4,10H2,1-3H3,(H,20,23)(H,24,25). The van der Waals surface area contributed by atoms with E-state index in [1.54, 1.807) is 37.3 Å². The molecule has 1 heterocycles. The van der Waals surface area contributed by atoms with Gasteiger partial charge in [-0.15, -0.1) is 0 Å². The van der Waals surface area contributed by atoms with E-state index in [0.29, 0.717) is 34.5 Å². The molecule has 2 rings (SSSR count). The van der Waals surface area contributed by atoms with E-state index in [9.17, 15) is 19.5 Å². The third-order valence-electron chi connectivity index (χ3n) is 4.19. The number of aryl methyl sites for hydroxylation is 1. The minimum Gasteiger partial charge on any atom is -0.481 e. The van der Waals surface area contributed by atoms with Crippen molar-refractivity contribution in [3.05, 3.63) is 58.4 Å². The number of carboxylic acids is 1. The van der Waals surface area contributed by atoms with Gasteiger partial charge in [-0.25, -0.2) is 0 Å². The number of benzene rings is 1. The number of nitrogens with one attached hydrogen (secondary N) is 2. The number of ketones is 1. The quantitative estimate of drug-likeness (QED) is 0.674. The van der Waals surface area contributed by atoms with Crippen molar-refractivity contribution in [2.45, 2.75) is 33.1 Å². The van der Waals surface area contributed by atoms with Crippen molar-refractivity contribution in [2.75, 3.05) is 6.54 Å². The highest BCUT2D eigenvalue weighted by Gasteiger charge is 2.24. The summed E-state index contributed by atoms with van der Waals surface area (Å²) in [5.41, 5.74) is 2.78. The van der Waals surface area contributed by atoms with Gasteiger partial charge in [-0.05, 0) is 31.4 Å². The van der Waals surface area contributed by atoms with Gasteiger partial charge in [-0.3, -0.25) is 14.4 Å². The van der Waals surface area contributed by atoms with Crippen LogP contribution in [0.15, 0.2) is 30.3 Å². The van der Waals surface area contributed by atoms with Gasteiger partial charge in [0.05, 0.1) is 5.92 Å². The van der Waals surface area contributed by atoms with Gasteiger partial charge in [0.15, 0.2) is 5.78 Å². The van der Waals surface area contributed by atoms with Crippen molar-refractivity contribution in [1.29, 1.82) is 0 Å². The van der Waals surface area contributed by atoms with Crippen LogP contribution >= 0.6 is 0 Å². The number of carboxylic acid groups (broad SMARTS) is 1. The van der Waals surface area contributed by atoms with Crippen molar-refractivity contribution in [3.8, 4) is 0 Å². The summed E-state index contributed by atoms with van der Waals surface area (Å²) in [4.78, 5) is 38.8. The molecule has 25 heavy (non-hydrogen) atoms. The summed E-state index contributed by atoms with van der Waals surface area (Å²) in [6.07, 6.45) is 0.531. The third-order valence-corrected chi connectivity index (χ3v) is 4.19. The average Bonchev–Trinajstić information content (AvgIpc) is 2.92. The molecule has 0 aliphatic heterocycles. The number of aromatic nitrogens is 1. The van der Waals surface area contributed by atoms with Gasteiger partial charge in [-0.2, -0.15) is 0 Å². The minimum atomic E-state index is -1.01. The number of aliphatic carboxylic acids is 1. The predicted octanol–water partition coefficient (Wildman–Crippen LogP) is 2.69. The van der Waals surface area contributed by atoms with Crippen LogP contribution in [0, 0.1) is 6.92 Å². The van der Waals surface area contributed by atoms with Gasteiger partial charge in [0.1, 0.15) is 5.69 Å². The predicted molar refractivity (Wildman–Crippen MR) is 94.1 cm³/mol. The molecule has 0 radical (unpaired) electrons. The van der Waals surface area contributed by atoms with Gasteiger partial charge in [-0.1, -0.05) is 37.3 Å². The van der Waals surface area contributed by atoms with Crippen molar-refractivity contribution < 1.29 is 19.5 Å². The zero-order valence-electron chi connectivity index (χ0n) is 14.6. The smallest absolute Gasteiger partial charge is 0.312 e. The first-order chi connectivity index (χ1) is 11.9. The molecule has 0 spiro atoms. The number of aromatic amines is 1. The van der Waals surface area contributed by atoms with E-state index in [0.717, 1.165) is 0 Å². The Morgan fingerprint density at radius 3 is 2.36 bits per heavy atom. The molecule has 6 nitrogen and oxygen atoms in total. The first kappa shape index (κ1) is 18.4. The summed E-state index contributed by atoms with van der Waals surface area (Å²) in [7, 11) is 0. The Morgan fingerprint density at radius 1 is 1.20 bits per heavy atom. The molecule has 3 N–H and O–H groups in total. The highest BCUT2D eigenvalue weighted by molar-refractivity contribution is 6.02. The van der Waals surface area contributed by atoms with Crippen LogP contribution in [0.1, 0.15) is 57.4 Å². The summed E-state index contributed by atoms with van der Waals surface area (Å²) in [6, 6.07) is 8.76. The van der Waals surface area contributed by atoms with Crippen LogP contribution in [0.25, 0.3) is 0 Å². The fourth-order valence-electron chi connectivity index (χ4n) is 3.02. The van der Waals surface area contributed by atoms with Crippen LogP contribution in [0.3, 0.4) is 0 Å². The van der Waals surface area contributed by atoms with Gasteiger partial charge >= 0.3 is 5.97 Å². The molecule has 0 fully saturated rings. The molecule has 1 aromatic carbocycles. The highest BCUT2D eigenvalue weighted by Crippen LogP contribution is 2.21. The second-order valence-electron chi connectivity index (χ2n) is 5.90. The monoisotopic (exact) mass is 342 g/mol. The molecule has 0 saturated carbocycles. The SMILES string of the molecule is CCc1c(C(=O)NCC(C(=O)O)c2ccccc2)[nH]c(C)c1C(C)=O. The summed E-state index contributed by atoms with van der Waals surface area (Å²) in [5.74, 6) is -2.35. The lowest BCUT2D eigenvalue weighted by Crippen LogP contribution is -2.32. The molecule has 6 heteroatoms. The number of rotatable bonds is 7. The molecular formula is C19H22N2O4. The molecule has 1 amide bonds. The number of hydrogen-bond acceptors (Lipinski definition) is 3. The van der Waals surface area contributed by atoms with Gasteiger partial charge < -0.3 is 15.4 Å². The fraction of sp³-hybridized carbons (Fsp3) is 0.316. The molecule has 1 aromatic heterocycles. The molecule has 1 atom stereocenters. The molecular weight excluding hydrogens is 320 g/mol. The molecule has 0 aliphatic rings. The van der Waals surface area contributed by atoms with Crippen molar-refractivity contribution in [1.82, 2.24) is 10.3 Å². The topological polar surface area (TPSA) is 99.3 Å². The summed E-state index contributed by atoms with van der Waals surface area (Å²) in [5, 5.41) is 12.1. The maximum absolute atomic E-state index is 12.5. The second kappa shape index (κ2) is 7.79. The first-order valence-electron chi connectivity index (χ1n) is 8.15. The number of H-pyrrole nitrogens is 1. The molecule has 0 bridgehead atoms. The van der Waals surface area contributed by atoms with Crippen molar-refractivity contribution in [3.63, 3.8) is 0 Å². The van der Waals surface area contributed by atoms with Gasteiger partial charge in [0.25, 0.3) is 5.91 Å². The normalized spacial score (nSPS) is 11.8. The van der Waals surface area contributed by atoms with Crippen molar-refractivity contribution >= 4 is 17.7 Å². The van der Waals surface area contributed by atoms with E-state index in [-0.39, 0.29) is 12.3 Å². The Bertz CT molecular complexity index is 793. The van der Waals surface area contributed by atoms with E-state index < -0.39 is 17.8 Å². The number of hydrogen-bond donors (Lipinski definition) is 3. The lowest BCUT2D eigenvalue weighted by molar-refractivity contribution is -0.138. The average molecular weight is 342 g/mol. The van der Waals surface area contributed by atoms with Crippen LogP contribution in [-0.2, 0) is 11.2 Å². The lowest BCUT2D eigenvalue weighted by atomic mass is 9.99.